The maximum atomic E-state index is 12.1. The van der Waals surface area contributed by atoms with Crippen LogP contribution in [0.1, 0.15) is 5.56 Å². The van der Waals surface area contributed by atoms with Gasteiger partial charge >= 0.3 is 5.76 Å². The number of halogens is 2. The predicted octanol–water partition coefficient (Wildman–Crippen LogP) is -0.0154. The van der Waals surface area contributed by atoms with Crippen LogP contribution in [-0.4, -0.2) is 29.7 Å². The number of nitrogens with one attached hydrogen (secondary N) is 1. The van der Waals surface area contributed by atoms with Crippen LogP contribution in [0.15, 0.2) is 23.1 Å². The molecule has 0 saturated carbocycles. The molecule has 1 aromatic rings. The highest BCUT2D eigenvalue weighted by atomic mass is 32.2. The molecule has 0 fully saturated rings. The molecule has 0 saturated heterocycles. The van der Waals surface area contributed by atoms with Crippen molar-refractivity contribution in [3.8, 4) is 5.75 Å². The third kappa shape index (κ3) is 4.10. The molecule has 0 bridgehead atoms. The summed E-state index contributed by atoms with van der Waals surface area (Å²) in [6.45, 7) is -0.501. The minimum atomic E-state index is -4.76. The van der Waals surface area contributed by atoms with Crippen LogP contribution in [0.4, 0.5) is 8.78 Å². The van der Waals surface area contributed by atoms with Crippen molar-refractivity contribution in [3.63, 3.8) is 0 Å². The van der Waals surface area contributed by atoms with Crippen LogP contribution >= 0.6 is 0 Å². The van der Waals surface area contributed by atoms with Crippen LogP contribution in [0.3, 0.4) is 0 Å². The van der Waals surface area contributed by atoms with E-state index in [9.17, 15) is 25.6 Å². The van der Waals surface area contributed by atoms with Gasteiger partial charge in [0.1, 0.15) is 10.6 Å². The topological polar surface area (TPSA) is 116 Å². The average Bonchev–Trinajstić information content (AvgIpc) is 2.35. The summed E-state index contributed by atoms with van der Waals surface area (Å²) in [5, 5.41) is 4.97. The second-order valence-electron chi connectivity index (χ2n) is 3.66. The quantitative estimate of drug-likeness (QED) is 0.761. The summed E-state index contributed by atoms with van der Waals surface area (Å²) in [5.74, 6) is -3.61. The average molecular weight is 330 g/mol. The second kappa shape index (κ2) is 5.99. The van der Waals surface area contributed by atoms with Crippen LogP contribution in [0, 0.1) is 0 Å². The number of nitrogens with two attached hydrogens (primary N) is 1. The maximum absolute atomic E-state index is 12.1. The molecule has 114 valence electrons. The number of alkyl halides is 2. The van der Waals surface area contributed by atoms with E-state index >= 15 is 0 Å². The van der Waals surface area contributed by atoms with E-state index in [1.807, 2.05) is 0 Å². The Morgan fingerprint density at radius 3 is 2.35 bits per heavy atom. The number of benzene rings is 1. The molecular weight excluding hydrogens is 318 g/mol. The van der Waals surface area contributed by atoms with Gasteiger partial charge in [-0.2, -0.15) is 8.78 Å². The number of ether oxygens (including phenoxy) is 1. The third-order valence-electron chi connectivity index (χ3n) is 2.25. The second-order valence-corrected chi connectivity index (χ2v) is 6.92. The van der Waals surface area contributed by atoms with Gasteiger partial charge in [-0.25, -0.2) is 26.7 Å². The molecule has 0 aliphatic carbocycles. The van der Waals surface area contributed by atoms with Crippen molar-refractivity contribution < 1.29 is 30.4 Å². The van der Waals surface area contributed by atoms with E-state index in [1.54, 1.807) is 4.72 Å². The van der Waals surface area contributed by atoms with Crippen molar-refractivity contribution >= 4 is 20.0 Å². The lowest BCUT2D eigenvalue weighted by Crippen LogP contribution is -2.29. The maximum Gasteiger partial charge on any atom is 0.350 e. The Morgan fingerprint density at radius 1 is 1.30 bits per heavy atom. The van der Waals surface area contributed by atoms with E-state index in [0.717, 1.165) is 6.07 Å². The number of methoxy groups -OCH3 is 1. The molecule has 1 rings (SSSR count). The molecule has 0 aromatic heterocycles. The molecule has 0 aliphatic rings. The first kappa shape index (κ1) is 16.8. The van der Waals surface area contributed by atoms with E-state index < -0.39 is 32.3 Å². The van der Waals surface area contributed by atoms with E-state index in [-0.39, 0.29) is 16.2 Å². The Morgan fingerprint density at radius 2 is 1.90 bits per heavy atom. The van der Waals surface area contributed by atoms with Crippen LogP contribution in [0.2, 0.25) is 0 Å². The number of rotatable bonds is 6. The molecule has 0 atom stereocenters. The fourth-order valence-corrected chi connectivity index (χ4v) is 2.54. The first-order chi connectivity index (χ1) is 9.08. The Balaban J connectivity index is 3.06. The van der Waals surface area contributed by atoms with Gasteiger partial charge in [0.25, 0.3) is 10.0 Å². The molecule has 0 unspecified atom stereocenters. The zero-order valence-corrected chi connectivity index (χ0v) is 11.8. The predicted molar refractivity (Wildman–Crippen MR) is 66.1 cm³/mol. The number of hydrogen-bond acceptors (Lipinski definition) is 5. The molecule has 0 amide bonds. The SMILES string of the molecule is COc1ccc(CNS(=O)(=O)C(F)F)cc1S(N)(=O)=O. The van der Waals surface area contributed by atoms with Crippen molar-refractivity contribution in [2.45, 2.75) is 17.2 Å². The summed E-state index contributed by atoms with van der Waals surface area (Å²) in [7, 11) is -7.62. The number of hydrogen-bond donors (Lipinski definition) is 2. The lowest BCUT2D eigenvalue weighted by Gasteiger charge is -2.10. The fraction of sp³-hybridized carbons (Fsp3) is 0.333. The molecule has 0 aliphatic heterocycles. The van der Waals surface area contributed by atoms with E-state index in [1.165, 1.54) is 19.2 Å². The Bertz CT molecular complexity index is 688. The monoisotopic (exact) mass is 330 g/mol. The summed E-state index contributed by atoms with van der Waals surface area (Å²) < 4.78 is 75.0. The lowest BCUT2D eigenvalue weighted by molar-refractivity contribution is 0.232. The molecule has 11 heteroatoms. The number of sulfonamides is 2. The van der Waals surface area contributed by atoms with E-state index in [0.29, 0.717) is 0 Å². The smallest absolute Gasteiger partial charge is 0.350 e. The standard InChI is InChI=1S/C9H12F2N2O5S2/c1-18-7-3-2-6(4-8(7)19(12,14)15)5-13-20(16,17)9(10)11/h2-4,9,13H,5H2,1H3,(H2,12,14,15). The van der Waals surface area contributed by atoms with Gasteiger partial charge in [0, 0.05) is 6.54 Å². The molecule has 7 nitrogen and oxygen atoms in total. The largest absolute Gasteiger partial charge is 0.495 e. The molecular formula is C9H12F2N2O5S2. The third-order valence-corrected chi connectivity index (χ3v) is 4.19. The van der Waals surface area contributed by atoms with Gasteiger partial charge in [-0.3, -0.25) is 0 Å². The van der Waals surface area contributed by atoms with Gasteiger partial charge in [-0.05, 0) is 17.7 Å². The van der Waals surface area contributed by atoms with E-state index in [4.69, 9.17) is 9.88 Å². The lowest BCUT2D eigenvalue weighted by atomic mass is 10.2. The van der Waals surface area contributed by atoms with Crippen molar-refractivity contribution in [1.82, 2.24) is 4.72 Å². The van der Waals surface area contributed by atoms with Crippen LogP contribution < -0.4 is 14.6 Å². The highest BCUT2D eigenvalue weighted by Gasteiger charge is 2.23. The normalized spacial score (nSPS) is 12.7. The van der Waals surface area contributed by atoms with Crippen LogP contribution in [0.5, 0.6) is 5.75 Å². The molecule has 0 spiro atoms. The van der Waals surface area contributed by atoms with Gasteiger partial charge in [0.2, 0.25) is 10.0 Å². The summed E-state index contributed by atoms with van der Waals surface area (Å²) in [6, 6.07) is 3.61. The first-order valence-corrected chi connectivity index (χ1v) is 8.13. The number of primary sulfonamides is 1. The van der Waals surface area contributed by atoms with Crippen molar-refractivity contribution in [3.05, 3.63) is 23.8 Å². The Kier molecular flexibility index (Phi) is 5.02. The zero-order chi connectivity index (χ0) is 15.6. The minimum Gasteiger partial charge on any atom is -0.495 e. The van der Waals surface area contributed by atoms with Crippen LogP contribution in [0.25, 0.3) is 0 Å². The fourth-order valence-electron chi connectivity index (χ4n) is 1.30. The summed E-state index contributed by atoms with van der Waals surface area (Å²) in [6.07, 6.45) is 0. The van der Waals surface area contributed by atoms with Gasteiger partial charge in [0.15, 0.2) is 0 Å². The van der Waals surface area contributed by atoms with E-state index in [2.05, 4.69) is 0 Å². The minimum absolute atomic E-state index is 0.0343. The van der Waals surface area contributed by atoms with Gasteiger partial charge in [-0.1, -0.05) is 6.07 Å². The van der Waals surface area contributed by atoms with Gasteiger partial charge < -0.3 is 4.74 Å². The highest BCUT2D eigenvalue weighted by molar-refractivity contribution is 7.89. The van der Waals surface area contributed by atoms with Crippen molar-refractivity contribution in [2.75, 3.05) is 7.11 Å². The Hall–Kier alpha value is -1.30. The highest BCUT2D eigenvalue weighted by Crippen LogP contribution is 2.23. The van der Waals surface area contributed by atoms with Gasteiger partial charge in [0.05, 0.1) is 7.11 Å². The molecule has 20 heavy (non-hydrogen) atoms. The summed E-state index contributed by atoms with van der Waals surface area (Å²) in [5.41, 5.74) is 0.138. The van der Waals surface area contributed by atoms with Crippen molar-refractivity contribution in [2.24, 2.45) is 5.14 Å². The molecule has 1 aromatic carbocycles. The first-order valence-electron chi connectivity index (χ1n) is 5.04. The molecule has 3 N–H and O–H groups in total. The van der Waals surface area contributed by atoms with Crippen LogP contribution in [-0.2, 0) is 26.6 Å². The summed E-state index contributed by atoms with van der Waals surface area (Å²) >= 11 is 0. The zero-order valence-electron chi connectivity index (χ0n) is 10.2. The molecule has 0 radical (unpaired) electrons. The van der Waals surface area contributed by atoms with Gasteiger partial charge in [-0.15, -0.1) is 0 Å². The summed E-state index contributed by atoms with van der Waals surface area (Å²) in [4.78, 5) is -0.367. The Labute approximate surface area is 114 Å². The van der Waals surface area contributed by atoms with Crippen molar-refractivity contribution in [1.29, 1.82) is 0 Å². The molecule has 0 heterocycles.